The highest BCUT2D eigenvalue weighted by molar-refractivity contribution is 5.85. The minimum Gasteiger partial charge on any atom is -0.354 e. The summed E-state index contributed by atoms with van der Waals surface area (Å²) in [5.41, 5.74) is 7.84. The highest BCUT2D eigenvalue weighted by Crippen LogP contribution is 2.31. The predicted octanol–water partition coefficient (Wildman–Crippen LogP) is -0.0925. The van der Waals surface area contributed by atoms with Gasteiger partial charge >= 0.3 is 0 Å². The van der Waals surface area contributed by atoms with Gasteiger partial charge in [0.2, 0.25) is 11.8 Å². The maximum absolute atomic E-state index is 11.6. The van der Waals surface area contributed by atoms with Crippen molar-refractivity contribution >= 4 is 11.8 Å². The summed E-state index contributed by atoms with van der Waals surface area (Å²) in [6.45, 7) is 0.516. The first-order valence-corrected chi connectivity index (χ1v) is 6.52. The lowest BCUT2D eigenvalue weighted by atomic mass is 10.0. The Morgan fingerprint density at radius 2 is 2.00 bits per heavy atom. The van der Waals surface area contributed by atoms with E-state index < -0.39 is 0 Å². The number of nitrogens with one attached hydrogen (secondary N) is 2. The van der Waals surface area contributed by atoms with Gasteiger partial charge in [0.25, 0.3) is 0 Å². The molecule has 5 nitrogen and oxygen atoms in total. The van der Waals surface area contributed by atoms with E-state index in [1.807, 2.05) is 12.1 Å². The first kappa shape index (κ1) is 13.5. The Labute approximate surface area is 112 Å². The molecule has 0 heterocycles. The lowest BCUT2D eigenvalue weighted by molar-refractivity contribution is -0.125. The third kappa shape index (κ3) is 3.54. The van der Waals surface area contributed by atoms with Crippen LogP contribution < -0.4 is 16.4 Å². The van der Waals surface area contributed by atoms with Crippen LogP contribution in [-0.2, 0) is 16.0 Å². The summed E-state index contributed by atoms with van der Waals surface area (Å²) in [5, 5.41) is 5.30. The molecule has 2 rings (SSSR count). The van der Waals surface area contributed by atoms with Crippen molar-refractivity contribution in [2.45, 2.75) is 18.8 Å². The van der Waals surface area contributed by atoms with Gasteiger partial charge in [-0.3, -0.25) is 9.59 Å². The molecule has 102 valence electrons. The van der Waals surface area contributed by atoms with E-state index in [9.17, 15) is 9.59 Å². The van der Waals surface area contributed by atoms with Crippen LogP contribution in [0.15, 0.2) is 24.3 Å². The number of amides is 2. The molecule has 1 atom stereocenters. The molecule has 1 aromatic carbocycles. The van der Waals surface area contributed by atoms with Crippen LogP contribution in [0.5, 0.6) is 0 Å². The van der Waals surface area contributed by atoms with Crippen LogP contribution in [0.3, 0.4) is 0 Å². The average molecular weight is 261 g/mol. The van der Waals surface area contributed by atoms with E-state index in [0.29, 0.717) is 12.5 Å². The van der Waals surface area contributed by atoms with Gasteiger partial charge in [0.05, 0.1) is 13.1 Å². The standard InChI is InChI=1S/C14H19N3O2/c15-7-13(18)17-9-14(19)16-8-11-6-5-10-3-1-2-4-12(10)11/h1-4,11H,5-9,15H2,(H,16,19)(H,17,18). The van der Waals surface area contributed by atoms with Crippen LogP contribution >= 0.6 is 0 Å². The van der Waals surface area contributed by atoms with Crippen molar-refractivity contribution in [1.82, 2.24) is 10.6 Å². The summed E-state index contributed by atoms with van der Waals surface area (Å²) in [4.78, 5) is 22.5. The fourth-order valence-electron chi connectivity index (χ4n) is 2.41. The molecule has 2 amide bonds. The monoisotopic (exact) mass is 261 g/mol. The molecule has 0 saturated carbocycles. The van der Waals surface area contributed by atoms with Gasteiger partial charge in [-0.2, -0.15) is 0 Å². The molecule has 0 fully saturated rings. The molecular weight excluding hydrogens is 242 g/mol. The Morgan fingerprint density at radius 3 is 2.79 bits per heavy atom. The van der Waals surface area contributed by atoms with E-state index in [1.54, 1.807) is 0 Å². The molecule has 0 aromatic heterocycles. The number of hydrogen-bond donors (Lipinski definition) is 3. The number of hydrogen-bond acceptors (Lipinski definition) is 3. The topological polar surface area (TPSA) is 84.2 Å². The molecule has 1 aliphatic carbocycles. The summed E-state index contributed by atoms with van der Waals surface area (Å²) in [5.74, 6) is -0.113. The molecule has 1 unspecified atom stereocenters. The molecule has 1 aromatic rings. The Morgan fingerprint density at radius 1 is 1.21 bits per heavy atom. The fraction of sp³-hybridized carbons (Fsp3) is 0.429. The Bertz CT molecular complexity index is 474. The quantitative estimate of drug-likeness (QED) is 0.692. The number of nitrogens with two attached hydrogens (primary N) is 1. The van der Waals surface area contributed by atoms with E-state index in [-0.39, 0.29) is 24.9 Å². The third-order valence-corrected chi connectivity index (χ3v) is 3.43. The van der Waals surface area contributed by atoms with Crippen LogP contribution in [0.25, 0.3) is 0 Å². The molecular formula is C14H19N3O2. The smallest absolute Gasteiger partial charge is 0.239 e. The summed E-state index contributed by atoms with van der Waals surface area (Å²) >= 11 is 0. The summed E-state index contributed by atoms with van der Waals surface area (Å²) < 4.78 is 0. The zero-order chi connectivity index (χ0) is 13.7. The first-order valence-electron chi connectivity index (χ1n) is 6.52. The fourth-order valence-corrected chi connectivity index (χ4v) is 2.41. The van der Waals surface area contributed by atoms with E-state index in [4.69, 9.17) is 5.73 Å². The van der Waals surface area contributed by atoms with Gasteiger partial charge in [0, 0.05) is 12.5 Å². The molecule has 0 spiro atoms. The Balaban J connectivity index is 1.78. The van der Waals surface area contributed by atoms with E-state index in [0.717, 1.165) is 12.8 Å². The second-order valence-electron chi connectivity index (χ2n) is 4.72. The van der Waals surface area contributed by atoms with Gasteiger partial charge in [-0.05, 0) is 24.0 Å². The number of benzene rings is 1. The van der Waals surface area contributed by atoms with Gasteiger partial charge in [-0.1, -0.05) is 24.3 Å². The van der Waals surface area contributed by atoms with Crippen LogP contribution in [0.1, 0.15) is 23.5 Å². The van der Waals surface area contributed by atoms with Crippen molar-refractivity contribution in [2.24, 2.45) is 5.73 Å². The largest absolute Gasteiger partial charge is 0.354 e. The van der Waals surface area contributed by atoms with Crippen molar-refractivity contribution in [1.29, 1.82) is 0 Å². The molecule has 5 heteroatoms. The molecule has 0 saturated heterocycles. The summed E-state index contributed by atoms with van der Waals surface area (Å²) in [7, 11) is 0. The zero-order valence-corrected chi connectivity index (χ0v) is 10.8. The third-order valence-electron chi connectivity index (χ3n) is 3.43. The van der Waals surface area contributed by atoms with Gasteiger partial charge in [-0.15, -0.1) is 0 Å². The minimum absolute atomic E-state index is 0.00952. The Hall–Kier alpha value is -1.88. The van der Waals surface area contributed by atoms with E-state index >= 15 is 0 Å². The van der Waals surface area contributed by atoms with Crippen molar-refractivity contribution in [3.8, 4) is 0 Å². The van der Waals surface area contributed by atoms with Gasteiger partial charge in [0.1, 0.15) is 0 Å². The highest BCUT2D eigenvalue weighted by atomic mass is 16.2. The number of fused-ring (bicyclic) bond motifs is 1. The summed E-state index contributed by atoms with van der Waals surface area (Å²) in [6, 6.07) is 8.33. The second kappa shape index (κ2) is 6.33. The maximum Gasteiger partial charge on any atom is 0.239 e. The molecule has 0 aliphatic heterocycles. The zero-order valence-electron chi connectivity index (χ0n) is 10.8. The van der Waals surface area contributed by atoms with E-state index in [2.05, 4.69) is 22.8 Å². The van der Waals surface area contributed by atoms with Crippen molar-refractivity contribution in [3.63, 3.8) is 0 Å². The Kier molecular flexibility index (Phi) is 4.52. The molecule has 1 aliphatic rings. The lowest BCUT2D eigenvalue weighted by Crippen LogP contribution is -2.40. The number of carbonyl (C=O) groups excluding carboxylic acids is 2. The predicted molar refractivity (Wildman–Crippen MR) is 72.6 cm³/mol. The maximum atomic E-state index is 11.6. The molecule has 0 bridgehead atoms. The van der Waals surface area contributed by atoms with Crippen molar-refractivity contribution in [2.75, 3.05) is 19.6 Å². The number of carbonyl (C=O) groups is 2. The van der Waals surface area contributed by atoms with Crippen molar-refractivity contribution < 1.29 is 9.59 Å². The highest BCUT2D eigenvalue weighted by Gasteiger charge is 2.22. The SMILES string of the molecule is NCC(=O)NCC(=O)NCC1CCc2ccccc21. The van der Waals surface area contributed by atoms with Gasteiger partial charge in [-0.25, -0.2) is 0 Å². The molecule has 0 radical (unpaired) electrons. The van der Waals surface area contributed by atoms with Crippen molar-refractivity contribution in [3.05, 3.63) is 35.4 Å². The minimum atomic E-state index is -0.318. The molecule has 4 N–H and O–H groups in total. The lowest BCUT2D eigenvalue weighted by Gasteiger charge is -2.13. The average Bonchev–Trinajstić information content (AvgIpc) is 2.85. The van der Waals surface area contributed by atoms with Crippen LogP contribution in [0.4, 0.5) is 0 Å². The van der Waals surface area contributed by atoms with Gasteiger partial charge in [0.15, 0.2) is 0 Å². The molecule has 19 heavy (non-hydrogen) atoms. The number of aryl methyl sites for hydroxylation is 1. The van der Waals surface area contributed by atoms with Gasteiger partial charge < -0.3 is 16.4 Å². The summed E-state index contributed by atoms with van der Waals surface area (Å²) in [6.07, 6.45) is 2.13. The normalized spacial score (nSPS) is 16.8. The van der Waals surface area contributed by atoms with Crippen LogP contribution in [0.2, 0.25) is 0 Å². The first-order chi connectivity index (χ1) is 9.20. The second-order valence-corrected chi connectivity index (χ2v) is 4.72. The van der Waals surface area contributed by atoms with Crippen LogP contribution in [0, 0.1) is 0 Å². The number of rotatable bonds is 5. The van der Waals surface area contributed by atoms with E-state index in [1.165, 1.54) is 11.1 Å². The van der Waals surface area contributed by atoms with Crippen LogP contribution in [-0.4, -0.2) is 31.4 Å².